The molecule has 3 heterocycles. The Kier molecular flexibility index (Phi) is 9.33. The highest BCUT2D eigenvalue weighted by atomic mass is 16.7. The predicted octanol–water partition coefficient (Wildman–Crippen LogP) is 4.31. The third kappa shape index (κ3) is 6.61. The molecule has 10 heteroatoms. The van der Waals surface area contributed by atoms with Crippen LogP contribution >= 0.6 is 0 Å². The Bertz CT molecular complexity index is 1170. The van der Waals surface area contributed by atoms with Crippen molar-refractivity contribution in [1.82, 2.24) is 0 Å². The van der Waals surface area contributed by atoms with Crippen LogP contribution in [0.15, 0.2) is 36.1 Å². The number of hydrogen-bond acceptors (Lipinski definition) is 10. The van der Waals surface area contributed by atoms with E-state index in [4.69, 9.17) is 23.7 Å². The van der Waals surface area contributed by atoms with E-state index in [2.05, 4.69) is 6.92 Å². The van der Waals surface area contributed by atoms with E-state index in [1.165, 1.54) is 6.92 Å². The molecule has 1 aromatic rings. The zero-order valence-electron chi connectivity index (χ0n) is 25.7. The molecule has 234 valence electrons. The molecule has 2 saturated heterocycles. The van der Waals surface area contributed by atoms with Gasteiger partial charge in [0.15, 0.2) is 0 Å². The van der Waals surface area contributed by atoms with E-state index in [1.807, 2.05) is 26.8 Å². The molecule has 0 radical (unpaired) electrons. The van der Waals surface area contributed by atoms with Crippen LogP contribution in [-0.2, 0) is 33.3 Å². The van der Waals surface area contributed by atoms with Gasteiger partial charge >= 0.3 is 11.9 Å². The molecule has 3 bridgehead atoms. The van der Waals surface area contributed by atoms with E-state index in [9.17, 15) is 24.9 Å². The van der Waals surface area contributed by atoms with Gasteiger partial charge in [0, 0.05) is 18.4 Å². The van der Waals surface area contributed by atoms with Gasteiger partial charge in [0.25, 0.3) is 0 Å². The lowest BCUT2D eigenvalue weighted by Crippen LogP contribution is -2.65. The molecule has 3 aliphatic rings. The summed E-state index contributed by atoms with van der Waals surface area (Å²) in [5, 5.41) is 31.5. The molecular weight excluding hydrogens is 544 g/mol. The number of esters is 2. The molecule has 0 amide bonds. The summed E-state index contributed by atoms with van der Waals surface area (Å²) in [6, 6.07) is 7.00. The lowest BCUT2D eigenvalue weighted by Gasteiger charge is -2.59. The number of aliphatic hydroxyl groups is 2. The van der Waals surface area contributed by atoms with Crippen molar-refractivity contribution in [3.63, 3.8) is 0 Å². The molecular formula is C32H46O10. The Labute approximate surface area is 247 Å². The standard InChI is InChI=1S/C32H46O10/c1-18(11-12-23(38-7)21-9-8-10-22(34)13-21)29-19(2)25-16-32(42-29)30(4,5)17-31(6,37)26(41-32)15-28(36)39-24(20(3)33)14-27(35)40-25/h8-10,13,15,18-20,23-25,29,33-34,37H,11-12,14,16-17H2,1-7H3/b26-15-/t18-,19-,20+,23-,24?,25-,29+,31-,32?/m0/s1. The largest absolute Gasteiger partial charge is 0.508 e. The van der Waals surface area contributed by atoms with Gasteiger partial charge in [-0.3, -0.25) is 4.79 Å². The molecule has 9 atom stereocenters. The quantitative estimate of drug-likeness (QED) is 0.394. The van der Waals surface area contributed by atoms with Crippen LogP contribution in [0.1, 0.15) is 85.3 Å². The van der Waals surface area contributed by atoms with Crippen LogP contribution in [0.3, 0.4) is 0 Å². The van der Waals surface area contributed by atoms with Crippen LogP contribution in [0.5, 0.6) is 5.75 Å². The van der Waals surface area contributed by atoms with Crippen LogP contribution in [0.25, 0.3) is 0 Å². The van der Waals surface area contributed by atoms with Crippen molar-refractivity contribution < 1.29 is 48.6 Å². The van der Waals surface area contributed by atoms with Gasteiger partial charge in [0.05, 0.1) is 37.2 Å². The second-order valence-electron chi connectivity index (χ2n) is 13.2. The molecule has 0 aromatic heterocycles. The minimum Gasteiger partial charge on any atom is -0.508 e. The van der Waals surface area contributed by atoms with Gasteiger partial charge in [0.1, 0.15) is 29.3 Å². The van der Waals surface area contributed by atoms with Crippen LogP contribution in [-0.4, -0.2) is 70.2 Å². The van der Waals surface area contributed by atoms with Crippen molar-refractivity contribution in [2.75, 3.05) is 7.11 Å². The fraction of sp³-hybridized carbons (Fsp3) is 0.688. The smallest absolute Gasteiger partial charge is 0.334 e. The molecule has 2 fully saturated rings. The molecule has 0 saturated carbocycles. The highest BCUT2D eigenvalue weighted by Crippen LogP contribution is 2.56. The van der Waals surface area contributed by atoms with Gasteiger partial charge in [0.2, 0.25) is 5.79 Å². The lowest BCUT2D eigenvalue weighted by atomic mass is 9.66. The monoisotopic (exact) mass is 590 g/mol. The average Bonchev–Trinajstić information content (AvgIpc) is 2.88. The SMILES string of the molecule is CO[C@@H](CC[C@H](C)[C@H]1OC23C[C@H](OC(=O)CC([C@@H](C)O)OC(=O)/C=C(\O2)[C@@](C)(O)CC3(C)C)[C@@H]1C)c1cccc(O)c1. The summed E-state index contributed by atoms with van der Waals surface area (Å²) in [5.74, 6) is -2.83. The first-order valence-electron chi connectivity index (χ1n) is 14.8. The number of rotatable bonds is 7. The van der Waals surface area contributed by atoms with Gasteiger partial charge in [-0.15, -0.1) is 0 Å². The Hall–Kier alpha value is -2.66. The maximum atomic E-state index is 13.1. The van der Waals surface area contributed by atoms with Gasteiger partial charge in [-0.05, 0) is 56.7 Å². The molecule has 4 rings (SSSR count). The summed E-state index contributed by atoms with van der Waals surface area (Å²) >= 11 is 0. The molecule has 2 unspecified atom stereocenters. The molecule has 3 aliphatic heterocycles. The number of cyclic esters (lactones) is 1. The Morgan fingerprint density at radius 3 is 2.48 bits per heavy atom. The maximum absolute atomic E-state index is 13.1. The number of aromatic hydroxyl groups is 1. The highest BCUT2D eigenvalue weighted by molar-refractivity contribution is 5.83. The van der Waals surface area contributed by atoms with E-state index in [1.54, 1.807) is 32.2 Å². The zero-order chi connectivity index (χ0) is 31.0. The fourth-order valence-electron chi connectivity index (χ4n) is 6.72. The molecule has 42 heavy (non-hydrogen) atoms. The Morgan fingerprint density at radius 2 is 1.83 bits per heavy atom. The van der Waals surface area contributed by atoms with Crippen molar-refractivity contribution in [1.29, 1.82) is 0 Å². The minimum absolute atomic E-state index is 0.00565. The van der Waals surface area contributed by atoms with Crippen molar-refractivity contribution in [2.45, 2.75) is 116 Å². The van der Waals surface area contributed by atoms with Crippen molar-refractivity contribution >= 4 is 11.9 Å². The van der Waals surface area contributed by atoms with E-state index in [-0.39, 0.29) is 48.7 Å². The van der Waals surface area contributed by atoms with Gasteiger partial charge in [-0.25, -0.2) is 4.79 Å². The zero-order valence-corrected chi connectivity index (χ0v) is 25.7. The van der Waals surface area contributed by atoms with Gasteiger partial charge < -0.3 is 39.0 Å². The normalized spacial score (nSPS) is 36.5. The second kappa shape index (κ2) is 12.1. The number of aliphatic hydroxyl groups excluding tert-OH is 1. The molecule has 1 aromatic carbocycles. The van der Waals surface area contributed by atoms with E-state index < -0.39 is 53.2 Å². The number of carbonyl (C=O) groups excluding carboxylic acids is 2. The van der Waals surface area contributed by atoms with Crippen LogP contribution in [0.4, 0.5) is 0 Å². The first-order valence-corrected chi connectivity index (χ1v) is 14.8. The van der Waals surface area contributed by atoms with E-state index in [0.29, 0.717) is 12.8 Å². The number of carbonyl (C=O) groups is 2. The van der Waals surface area contributed by atoms with E-state index >= 15 is 0 Å². The van der Waals surface area contributed by atoms with E-state index in [0.717, 1.165) is 11.6 Å². The van der Waals surface area contributed by atoms with Crippen molar-refractivity contribution in [2.24, 2.45) is 17.3 Å². The highest BCUT2D eigenvalue weighted by Gasteiger charge is 2.63. The Balaban J connectivity index is 1.68. The third-order valence-electron chi connectivity index (χ3n) is 9.20. The number of benzene rings is 1. The lowest BCUT2D eigenvalue weighted by molar-refractivity contribution is -0.371. The predicted molar refractivity (Wildman–Crippen MR) is 152 cm³/mol. The summed E-state index contributed by atoms with van der Waals surface area (Å²) in [7, 11) is 1.64. The number of fused-ring (bicyclic) bond motifs is 2. The number of phenols is 1. The number of methoxy groups -OCH3 is 1. The summed E-state index contributed by atoms with van der Waals surface area (Å²) in [4.78, 5) is 26.0. The maximum Gasteiger partial charge on any atom is 0.334 e. The summed E-state index contributed by atoms with van der Waals surface area (Å²) in [6.07, 6.45) is -0.974. The first kappa shape index (κ1) is 32.3. The van der Waals surface area contributed by atoms with Crippen molar-refractivity contribution in [3.8, 4) is 5.75 Å². The number of hydrogen-bond donors (Lipinski definition) is 3. The topological polar surface area (TPSA) is 141 Å². The summed E-state index contributed by atoms with van der Waals surface area (Å²) in [6.45, 7) is 10.9. The summed E-state index contributed by atoms with van der Waals surface area (Å²) < 4.78 is 30.5. The fourth-order valence-corrected chi connectivity index (χ4v) is 6.72. The Morgan fingerprint density at radius 1 is 1.12 bits per heavy atom. The number of phenolic OH excluding ortho intramolecular Hbond substituents is 1. The second-order valence-corrected chi connectivity index (χ2v) is 13.2. The van der Waals surface area contributed by atoms with Gasteiger partial charge in [-0.2, -0.15) is 0 Å². The molecule has 1 spiro atoms. The average molecular weight is 591 g/mol. The van der Waals surface area contributed by atoms with Crippen molar-refractivity contribution in [3.05, 3.63) is 41.7 Å². The summed E-state index contributed by atoms with van der Waals surface area (Å²) in [5.41, 5.74) is -1.37. The number of ether oxygens (including phenoxy) is 5. The van der Waals surface area contributed by atoms with Crippen LogP contribution in [0.2, 0.25) is 0 Å². The van der Waals surface area contributed by atoms with Gasteiger partial charge in [-0.1, -0.05) is 39.8 Å². The third-order valence-corrected chi connectivity index (χ3v) is 9.20. The first-order chi connectivity index (χ1) is 19.6. The molecule has 0 aliphatic carbocycles. The van der Waals surface area contributed by atoms with Crippen LogP contribution in [0, 0.1) is 17.3 Å². The minimum atomic E-state index is -1.50. The molecule has 10 nitrogen and oxygen atoms in total. The molecule has 3 N–H and O–H groups in total. The van der Waals surface area contributed by atoms with Crippen LogP contribution < -0.4 is 0 Å².